The van der Waals surface area contributed by atoms with Crippen molar-refractivity contribution >= 4 is 17.3 Å². The van der Waals surface area contributed by atoms with E-state index >= 15 is 0 Å². The van der Waals surface area contributed by atoms with Crippen LogP contribution in [0.5, 0.6) is 5.75 Å². The minimum atomic E-state index is 0.0516. The first kappa shape index (κ1) is 15.5. The second-order valence-electron chi connectivity index (χ2n) is 5.79. The lowest BCUT2D eigenvalue weighted by Crippen LogP contribution is -2.42. The van der Waals surface area contributed by atoms with Crippen LogP contribution in [0.25, 0.3) is 0 Å². The van der Waals surface area contributed by atoms with Gasteiger partial charge in [0.1, 0.15) is 5.75 Å². The fourth-order valence-electron chi connectivity index (χ4n) is 2.71. The molecular formula is C16H25N3O2. The van der Waals surface area contributed by atoms with Crippen LogP contribution in [-0.2, 0) is 4.79 Å². The van der Waals surface area contributed by atoms with Crippen LogP contribution in [-0.4, -0.2) is 32.1 Å². The van der Waals surface area contributed by atoms with Gasteiger partial charge in [-0.1, -0.05) is 0 Å². The van der Waals surface area contributed by atoms with Gasteiger partial charge in [0.15, 0.2) is 0 Å². The van der Waals surface area contributed by atoms with Gasteiger partial charge in [-0.15, -0.1) is 0 Å². The maximum atomic E-state index is 11.8. The van der Waals surface area contributed by atoms with E-state index in [0.29, 0.717) is 11.4 Å². The summed E-state index contributed by atoms with van der Waals surface area (Å²) in [6, 6.07) is 5.84. The molecule has 5 heteroatoms. The molecule has 0 aliphatic carbocycles. The van der Waals surface area contributed by atoms with Crippen LogP contribution in [0.3, 0.4) is 0 Å². The number of rotatable bonds is 4. The van der Waals surface area contributed by atoms with Crippen molar-refractivity contribution in [2.45, 2.75) is 32.8 Å². The maximum absolute atomic E-state index is 11.8. The van der Waals surface area contributed by atoms with Crippen LogP contribution in [0.15, 0.2) is 18.2 Å². The Bertz CT molecular complexity index is 502. The molecule has 1 amide bonds. The minimum absolute atomic E-state index is 0.0516. The van der Waals surface area contributed by atoms with Crippen molar-refractivity contribution in [3.63, 3.8) is 0 Å². The predicted molar refractivity (Wildman–Crippen MR) is 85.6 cm³/mol. The molecule has 1 saturated heterocycles. The number of nitrogen functional groups attached to an aromatic ring is 1. The maximum Gasteiger partial charge on any atom is 0.224 e. The van der Waals surface area contributed by atoms with Crippen LogP contribution in [0.4, 0.5) is 11.4 Å². The molecule has 1 heterocycles. The quantitative estimate of drug-likeness (QED) is 0.833. The third kappa shape index (κ3) is 3.80. The molecule has 2 rings (SSSR count). The summed E-state index contributed by atoms with van der Waals surface area (Å²) in [5.41, 5.74) is 7.67. The number of carbonyl (C=O) groups is 1. The fraction of sp³-hybridized carbons (Fsp3) is 0.562. The molecule has 0 saturated carbocycles. The number of anilines is 2. The molecule has 3 N–H and O–H groups in total. The summed E-state index contributed by atoms with van der Waals surface area (Å²) >= 11 is 0. The zero-order valence-electron chi connectivity index (χ0n) is 13.1. The van der Waals surface area contributed by atoms with Gasteiger partial charge in [0.05, 0.1) is 17.7 Å². The number of hydrogen-bond acceptors (Lipinski definition) is 4. The van der Waals surface area contributed by atoms with Gasteiger partial charge in [-0.2, -0.15) is 0 Å². The summed E-state index contributed by atoms with van der Waals surface area (Å²) < 4.78 is 5.74. The minimum Gasteiger partial charge on any atom is -0.489 e. The third-order valence-corrected chi connectivity index (χ3v) is 3.76. The lowest BCUT2D eigenvalue weighted by molar-refractivity contribution is -0.124. The molecule has 1 atom stereocenters. The van der Waals surface area contributed by atoms with Gasteiger partial charge in [0, 0.05) is 31.9 Å². The van der Waals surface area contributed by atoms with E-state index < -0.39 is 0 Å². The van der Waals surface area contributed by atoms with E-state index in [1.54, 1.807) is 7.05 Å². The van der Waals surface area contributed by atoms with Gasteiger partial charge >= 0.3 is 0 Å². The van der Waals surface area contributed by atoms with Crippen LogP contribution >= 0.6 is 0 Å². The monoisotopic (exact) mass is 291 g/mol. The molecule has 0 radical (unpaired) electrons. The van der Waals surface area contributed by atoms with Crippen LogP contribution in [0, 0.1) is 5.92 Å². The first-order valence-electron chi connectivity index (χ1n) is 7.54. The topological polar surface area (TPSA) is 67.6 Å². The first-order chi connectivity index (χ1) is 10.0. The number of nitrogens with zero attached hydrogens (tertiary/aromatic N) is 1. The Labute approximate surface area is 126 Å². The van der Waals surface area contributed by atoms with Gasteiger partial charge in [0.2, 0.25) is 5.91 Å². The highest BCUT2D eigenvalue weighted by Crippen LogP contribution is 2.31. The number of carbonyl (C=O) groups excluding carboxylic acids is 1. The summed E-state index contributed by atoms with van der Waals surface area (Å²) in [6.45, 7) is 5.66. The second-order valence-corrected chi connectivity index (χ2v) is 5.79. The van der Waals surface area contributed by atoms with Crippen molar-refractivity contribution in [2.75, 3.05) is 30.8 Å². The summed E-state index contributed by atoms with van der Waals surface area (Å²) in [4.78, 5) is 14.1. The molecular weight excluding hydrogens is 266 g/mol. The molecule has 116 valence electrons. The zero-order valence-corrected chi connectivity index (χ0v) is 13.1. The highest BCUT2D eigenvalue weighted by Gasteiger charge is 2.25. The number of benzene rings is 1. The Morgan fingerprint density at radius 2 is 2.24 bits per heavy atom. The van der Waals surface area contributed by atoms with E-state index in [1.165, 1.54) is 0 Å². The number of piperidine rings is 1. The summed E-state index contributed by atoms with van der Waals surface area (Å²) in [7, 11) is 1.69. The van der Waals surface area contributed by atoms with Gasteiger partial charge in [-0.25, -0.2) is 0 Å². The van der Waals surface area contributed by atoms with Gasteiger partial charge in [-0.3, -0.25) is 4.79 Å². The normalized spacial score (nSPS) is 18.7. The van der Waals surface area contributed by atoms with E-state index in [2.05, 4.69) is 10.2 Å². The molecule has 5 nitrogen and oxygen atoms in total. The molecule has 1 aromatic rings. The number of nitrogens with one attached hydrogen (secondary N) is 1. The van der Waals surface area contributed by atoms with Crippen LogP contribution in [0.2, 0.25) is 0 Å². The van der Waals surface area contributed by atoms with Gasteiger partial charge in [0.25, 0.3) is 0 Å². The van der Waals surface area contributed by atoms with Crippen molar-refractivity contribution < 1.29 is 9.53 Å². The molecule has 21 heavy (non-hydrogen) atoms. The molecule has 1 aromatic carbocycles. The smallest absolute Gasteiger partial charge is 0.224 e. The standard InChI is InChI=1S/C16H25N3O2/c1-11(2)21-15-9-13(6-7-14(15)17)19-8-4-5-12(10-19)16(20)18-3/h6-7,9,11-12H,4-5,8,10,17H2,1-3H3,(H,18,20). The van der Waals surface area contributed by atoms with Crippen molar-refractivity contribution in [2.24, 2.45) is 5.92 Å². The van der Waals surface area contributed by atoms with Crippen LogP contribution < -0.4 is 20.7 Å². The van der Waals surface area contributed by atoms with E-state index in [9.17, 15) is 4.79 Å². The van der Waals surface area contributed by atoms with Gasteiger partial charge < -0.3 is 20.7 Å². The molecule has 1 aliphatic rings. The molecule has 1 unspecified atom stereocenters. The SMILES string of the molecule is CNC(=O)C1CCCN(c2ccc(N)c(OC(C)C)c2)C1. The molecule has 0 aromatic heterocycles. The van der Waals surface area contributed by atoms with E-state index in [0.717, 1.165) is 31.6 Å². The van der Waals surface area contributed by atoms with Gasteiger partial charge in [-0.05, 0) is 38.8 Å². The Hall–Kier alpha value is -1.91. The van der Waals surface area contributed by atoms with E-state index in [-0.39, 0.29) is 17.9 Å². The largest absolute Gasteiger partial charge is 0.489 e. The highest BCUT2D eigenvalue weighted by molar-refractivity contribution is 5.79. The predicted octanol–water partition coefficient (Wildman–Crippen LogP) is 2.02. The molecule has 0 bridgehead atoms. The van der Waals surface area contributed by atoms with E-state index in [4.69, 9.17) is 10.5 Å². The number of ether oxygens (including phenoxy) is 1. The number of nitrogens with two attached hydrogens (primary N) is 1. The molecule has 1 aliphatic heterocycles. The Morgan fingerprint density at radius 1 is 1.48 bits per heavy atom. The lowest BCUT2D eigenvalue weighted by Gasteiger charge is -2.33. The Morgan fingerprint density at radius 3 is 2.90 bits per heavy atom. The van der Waals surface area contributed by atoms with E-state index in [1.807, 2.05) is 32.0 Å². The van der Waals surface area contributed by atoms with Crippen molar-refractivity contribution in [1.82, 2.24) is 5.32 Å². The molecule has 1 fully saturated rings. The van der Waals surface area contributed by atoms with Crippen molar-refractivity contribution in [1.29, 1.82) is 0 Å². The summed E-state index contributed by atoms with van der Waals surface area (Å²) in [5, 5.41) is 2.74. The zero-order chi connectivity index (χ0) is 15.4. The highest BCUT2D eigenvalue weighted by atomic mass is 16.5. The summed E-state index contributed by atoms with van der Waals surface area (Å²) in [5.74, 6) is 0.883. The molecule has 0 spiro atoms. The Kier molecular flexibility index (Phi) is 4.94. The fourth-order valence-corrected chi connectivity index (χ4v) is 2.71. The third-order valence-electron chi connectivity index (χ3n) is 3.76. The Balaban J connectivity index is 2.15. The van der Waals surface area contributed by atoms with Crippen molar-refractivity contribution in [3.8, 4) is 5.75 Å². The summed E-state index contributed by atoms with van der Waals surface area (Å²) in [6.07, 6.45) is 2.05. The number of hydrogen-bond donors (Lipinski definition) is 2. The second kappa shape index (κ2) is 6.70. The van der Waals surface area contributed by atoms with Crippen LogP contribution in [0.1, 0.15) is 26.7 Å². The average Bonchev–Trinajstić information content (AvgIpc) is 2.48. The first-order valence-corrected chi connectivity index (χ1v) is 7.54. The number of amides is 1. The van der Waals surface area contributed by atoms with Crippen molar-refractivity contribution in [3.05, 3.63) is 18.2 Å². The average molecular weight is 291 g/mol. The lowest BCUT2D eigenvalue weighted by atomic mass is 9.96.